The van der Waals surface area contributed by atoms with E-state index in [0.29, 0.717) is 54.2 Å². The van der Waals surface area contributed by atoms with Gasteiger partial charge in [0, 0.05) is 86.1 Å². The van der Waals surface area contributed by atoms with Gasteiger partial charge in [0.15, 0.2) is 0 Å². The van der Waals surface area contributed by atoms with E-state index in [-0.39, 0.29) is 17.9 Å². The molecule has 0 unspecified atom stereocenters. The normalized spacial score (nSPS) is 16.5. The molecule has 2 aliphatic heterocycles. The van der Waals surface area contributed by atoms with E-state index in [1.165, 1.54) is 0 Å². The van der Waals surface area contributed by atoms with Crippen molar-refractivity contribution in [2.24, 2.45) is 0 Å². The molecule has 0 saturated carbocycles. The second-order valence-corrected chi connectivity index (χ2v) is 12.6. The van der Waals surface area contributed by atoms with Crippen LogP contribution in [0.15, 0.2) is 67.0 Å². The molecule has 2 aromatic carbocycles. The van der Waals surface area contributed by atoms with Gasteiger partial charge < -0.3 is 30.7 Å². The maximum atomic E-state index is 13.2. The van der Waals surface area contributed by atoms with Gasteiger partial charge in [-0.05, 0) is 67.1 Å². The number of hydrogen-bond acceptors (Lipinski definition) is 8. The highest BCUT2D eigenvalue weighted by Crippen LogP contribution is 2.39. The van der Waals surface area contributed by atoms with E-state index >= 15 is 0 Å². The third kappa shape index (κ3) is 8.02. The Morgan fingerprint density at radius 3 is 2.65 bits per heavy atom. The second kappa shape index (κ2) is 15.7. The van der Waals surface area contributed by atoms with Crippen LogP contribution in [0.25, 0.3) is 22.4 Å². The monoisotopic (exact) mass is 668 g/mol. The van der Waals surface area contributed by atoms with E-state index in [2.05, 4.69) is 37.3 Å². The van der Waals surface area contributed by atoms with Crippen molar-refractivity contribution < 1.29 is 19.1 Å². The van der Waals surface area contributed by atoms with Crippen molar-refractivity contribution in [1.82, 2.24) is 25.9 Å². The SMILES string of the molecule is COc1cc(-c2nccc(-c3cccc(NC(=O)c4ccc(CNC[C@H]5CCC(=O)N5)cn4)c3C)c2Cl)ccc1CNC1CCOCC1. The van der Waals surface area contributed by atoms with Gasteiger partial charge in [0.2, 0.25) is 5.91 Å². The summed E-state index contributed by atoms with van der Waals surface area (Å²) in [7, 11) is 1.67. The number of methoxy groups -OCH3 is 1. The molecule has 2 aliphatic rings. The Balaban J connectivity index is 1.13. The highest BCUT2D eigenvalue weighted by Gasteiger charge is 2.21. The summed E-state index contributed by atoms with van der Waals surface area (Å²) in [6.45, 7) is 5.53. The van der Waals surface area contributed by atoms with E-state index in [0.717, 1.165) is 71.6 Å². The van der Waals surface area contributed by atoms with Crippen LogP contribution in [0.3, 0.4) is 0 Å². The van der Waals surface area contributed by atoms with E-state index in [4.69, 9.17) is 21.1 Å². The molecule has 10 nitrogen and oxygen atoms in total. The number of hydrogen-bond donors (Lipinski definition) is 4. The van der Waals surface area contributed by atoms with E-state index in [1.54, 1.807) is 25.6 Å². The maximum absolute atomic E-state index is 13.2. The Labute approximate surface area is 286 Å². The number of ether oxygens (including phenoxy) is 2. The number of halogens is 1. The fraction of sp³-hybridized carbons (Fsp3) is 0.351. The number of rotatable bonds is 12. The van der Waals surface area contributed by atoms with Crippen molar-refractivity contribution in [2.45, 2.75) is 57.8 Å². The molecule has 48 heavy (non-hydrogen) atoms. The van der Waals surface area contributed by atoms with Crippen molar-refractivity contribution >= 4 is 29.1 Å². The summed E-state index contributed by atoms with van der Waals surface area (Å²) in [5.74, 6) is 0.571. The van der Waals surface area contributed by atoms with Gasteiger partial charge in [-0.3, -0.25) is 19.6 Å². The highest BCUT2D eigenvalue weighted by molar-refractivity contribution is 6.35. The van der Waals surface area contributed by atoms with Gasteiger partial charge in [-0.15, -0.1) is 0 Å². The molecule has 0 aliphatic carbocycles. The summed E-state index contributed by atoms with van der Waals surface area (Å²) in [6.07, 6.45) is 6.88. The molecule has 2 fully saturated rings. The molecule has 1 atom stereocenters. The number of benzene rings is 2. The second-order valence-electron chi connectivity index (χ2n) is 12.2. The van der Waals surface area contributed by atoms with Gasteiger partial charge in [0.25, 0.3) is 5.91 Å². The number of carbonyl (C=O) groups excluding carboxylic acids is 2. The van der Waals surface area contributed by atoms with Crippen LogP contribution >= 0.6 is 11.6 Å². The van der Waals surface area contributed by atoms with Crippen LogP contribution in [-0.4, -0.2) is 60.7 Å². The van der Waals surface area contributed by atoms with Gasteiger partial charge in [0.05, 0.1) is 17.8 Å². The van der Waals surface area contributed by atoms with Crippen molar-refractivity contribution in [3.05, 3.63) is 94.4 Å². The molecule has 2 saturated heterocycles. The van der Waals surface area contributed by atoms with Gasteiger partial charge in [-0.25, -0.2) is 0 Å². The van der Waals surface area contributed by atoms with Crippen LogP contribution in [0.5, 0.6) is 5.75 Å². The summed E-state index contributed by atoms with van der Waals surface area (Å²) in [5.41, 5.74) is 7.08. The topological polar surface area (TPSA) is 126 Å². The molecule has 4 aromatic rings. The molecule has 0 radical (unpaired) electrons. The van der Waals surface area contributed by atoms with Gasteiger partial charge in [-0.1, -0.05) is 41.9 Å². The zero-order valence-electron chi connectivity index (χ0n) is 27.3. The number of nitrogens with one attached hydrogen (secondary N) is 4. The Bertz CT molecular complexity index is 1760. The lowest BCUT2D eigenvalue weighted by molar-refractivity contribution is -0.119. The van der Waals surface area contributed by atoms with Crippen LogP contribution in [0.4, 0.5) is 5.69 Å². The van der Waals surface area contributed by atoms with Crippen LogP contribution < -0.4 is 26.0 Å². The van der Waals surface area contributed by atoms with Crippen LogP contribution in [-0.2, 0) is 22.6 Å². The summed E-state index contributed by atoms with van der Waals surface area (Å²) in [5, 5.41) is 13.4. The van der Waals surface area contributed by atoms with Crippen molar-refractivity contribution in [1.29, 1.82) is 0 Å². The lowest BCUT2D eigenvalue weighted by atomic mass is 9.97. The molecular formula is C37H41ClN6O4. The number of aromatic nitrogens is 2. The highest BCUT2D eigenvalue weighted by atomic mass is 35.5. The Morgan fingerprint density at radius 1 is 1.04 bits per heavy atom. The third-order valence-corrected chi connectivity index (χ3v) is 9.37. The number of amides is 2. The maximum Gasteiger partial charge on any atom is 0.274 e. The first kappa shape index (κ1) is 33.5. The zero-order chi connectivity index (χ0) is 33.5. The van der Waals surface area contributed by atoms with E-state index < -0.39 is 0 Å². The summed E-state index contributed by atoms with van der Waals surface area (Å²) < 4.78 is 11.2. The third-order valence-electron chi connectivity index (χ3n) is 8.99. The summed E-state index contributed by atoms with van der Waals surface area (Å²) >= 11 is 7.05. The molecule has 0 bridgehead atoms. The van der Waals surface area contributed by atoms with Crippen LogP contribution in [0.1, 0.15) is 52.9 Å². The minimum absolute atomic E-state index is 0.102. The van der Waals surface area contributed by atoms with Crippen LogP contribution in [0.2, 0.25) is 5.02 Å². The fourth-order valence-corrected chi connectivity index (χ4v) is 6.50. The number of nitrogens with zero attached hydrogens (tertiary/aromatic N) is 2. The minimum atomic E-state index is -0.302. The molecule has 250 valence electrons. The Hall–Kier alpha value is -4.35. The van der Waals surface area contributed by atoms with Crippen LogP contribution in [0, 0.1) is 6.92 Å². The van der Waals surface area contributed by atoms with Gasteiger partial charge in [0.1, 0.15) is 11.4 Å². The number of anilines is 1. The van der Waals surface area contributed by atoms with Gasteiger partial charge >= 0.3 is 0 Å². The largest absolute Gasteiger partial charge is 0.496 e. The number of pyridine rings is 2. The van der Waals surface area contributed by atoms with Crippen molar-refractivity contribution in [3.63, 3.8) is 0 Å². The summed E-state index contributed by atoms with van der Waals surface area (Å²) in [4.78, 5) is 33.6. The minimum Gasteiger partial charge on any atom is -0.496 e. The quantitative estimate of drug-likeness (QED) is 0.152. The molecule has 11 heteroatoms. The predicted octanol–water partition coefficient (Wildman–Crippen LogP) is 5.67. The lowest BCUT2D eigenvalue weighted by Crippen LogP contribution is -2.35. The average Bonchev–Trinajstić information content (AvgIpc) is 3.53. The molecular weight excluding hydrogens is 628 g/mol. The molecule has 4 N–H and O–H groups in total. The van der Waals surface area contributed by atoms with Crippen molar-refractivity contribution in [2.75, 3.05) is 32.2 Å². The van der Waals surface area contributed by atoms with Crippen molar-refractivity contribution in [3.8, 4) is 28.1 Å². The average molecular weight is 669 g/mol. The lowest BCUT2D eigenvalue weighted by Gasteiger charge is -2.23. The van der Waals surface area contributed by atoms with E-state index in [1.807, 2.05) is 49.4 Å². The first-order valence-electron chi connectivity index (χ1n) is 16.4. The number of carbonyl (C=O) groups is 2. The molecule has 0 spiro atoms. The smallest absolute Gasteiger partial charge is 0.274 e. The first-order valence-corrected chi connectivity index (χ1v) is 16.8. The van der Waals surface area contributed by atoms with E-state index in [9.17, 15) is 9.59 Å². The molecule has 6 rings (SSSR count). The Kier molecular flexibility index (Phi) is 11.0. The molecule has 4 heterocycles. The molecule has 2 aromatic heterocycles. The predicted molar refractivity (Wildman–Crippen MR) is 187 cm³/mol. The zero-order valence-corrected chi connectivity index (χ0v) is 28.0. The molecule has 2 amide bonds. The summed E-state index contributed by atoms with van der Waals surface area (Å²) in [6, 6.07) is 17.9. The Morgan fingerprint density at radius 2 is 1.90 bits per heavy atom. The fourth-order valence-electron chi connectivity index (χ4n) is 6.18. The standard InChI is InChI=1S/C37H41ClN6O4/c1-23-29(4-3-5-31(23)44-37(46)32-10-6-24(20-42-32)19-39-22-28-9-11-34(45)43-28)30-12-15-40-36(35(30)38)25-7-8-26(33(18-25)47-2)21-41-27-13-16-48-17-14-27/h3-8,10,12,15,18,20,27-28,39,41H,9,11,13-14,16-17,19,21-22H2,1-2H3,(H,43,45)(H,44,46)/t28-/m1/s1. The van der Waals surface area contributed by atoms with Gasteiger partial charge in [-0.2, -0.15) is 0 Å². The first-order chi connectivity index (χ1) is 23.4.